The smallest absolute Gasteiger partial charge is 0.0317 e. The van der Waals surface area contributed by atoms with E-state index in [1.807, 2.05) is 0 Å². The lowest BCUT2D eigenvalue weighted by atomic mass is 10.0. The van der Waals surface area contributed by atoms with Crippen LogP contribution in [0.15, 0.2) is 24.3 Å². The van der Waals surface area contributed by atoms with Crippen molar-refractivity contribution in [1.82, 2.24) is 5.32 Å². The molecular formula is C16H25N. The normalized spacial score (nSPS) is 19.0. The lowest BCUT2D eigenvalue weighted by Gasteiger charge is -2.20. The SMILES string of the molecule is CCC(NCC(C)C1CC1)c1ccc(C)cc1. The summed E-state index contributed by atoms with van der Waals surface area (Å²) in [5.41, 5.74) is 2.77. The van der Waals surface area contributed by atoms with E-state index in [-0.39, 0.29) is 0 Å². The molecule has 1 fully saturated rings. The van der Waals surface area contributed by atoms with Crippen molar-refractivity contribution in [3.8, 4) is 0 Å². The summed E-state index contributed by atoms with van der Waals surface area (Å²) in [6, 6.07) is 9.47. The topological polar surface area (TPSA) is 12.0 Å². The highest BCUT2D eigenvalue weighted by Crippen LogP contribution is 2.36. The van der Waals surface area contributed by atoms with Crippen LogP contribution in [0.3, 0.4) is 0 Å². The van der Waals surface area contributed by atoms with Crippen LogP contribution in [0, 0.1) is 18.8 Å². The quantitative estimate of drug-likeness (QED) is 0.778. The molecule has 1 aliphatic carbocycles. The highest BCUT2D eigenvalue weighted by atomic mass is 14.9. The van der Waals surface area contributed by atoms with Crippen molar-refractivity contribution in [1.29, 1.82) is 0 Å². The van der Waals surface area contributed by atoms with Gasteiger partial charge in [-0.2, -0.15) is 0 Å². The fourth-order valence-corrected chi connectivity index (χ4v) is 2.46. The van der Waals surface area contributed by atoms with E-state index >= 15 is 0 Å². The number of rotatable bonds is 6. The van der Waals surface area contributed by atoms with Gasteiger partial charge in [0.1, 0.15) is 0 Å². The van der Waals surface area contributed by atoms with Crippen LogP contribution in [0.1, 0.15) is 50.3 Å². The third-order valence-electron chi connectivity index (χ3n) is 4.00. The van der Waals surface area contributed by atoms with Gasteiger partial charge < -0.3 is 5.32 Å². The number of benzene rings is 1. The maximum absolute atomic E-state index is 3.73. The molecule has 0 saturated heterocycles. The summed E-state index contributed by atoms with van der Waals surface area (Å²) in [6.07, 6.45) is 4.06. The molecule has 0 aromatic heterocycles. The van der Waals surface area contributed by atoms with Crippen LogP contribution in [0.2, 0.25) is 0 Å². The minimum atomic E-state index is 0.525. The Morgan fingerprint density at radius 3 is 2.41 bits per heavy atom. The van der Waals surface area contributed by atoms with E-state index in [2.05, 4.69) is 50.4 Å². The van der Waals surface area contributed by atoms with Crippen LogP contribution < -0.4 is 5.32 Å². The van der Waals surface area contributed by atoms with Crippen LogP contribution in [0.5, 0.6) is 0 Å². The predicted molar refractivity (Wildman–Crippen MR) is 74.1 cm³/mol. The van der Waals surface area contributed by atoms with Crippen molar-refractivity contribution in [3.05, 3.63) is 35.4 Å². The molecule has 0 spiro atoms. The number of hydrogen-bond donors (Lipinski definition) is 1. The summed E-state index contributed by atoms with van der Waals surface area (Å²) in [6.45, 7) is 7.95. The highest BCUT2D eigenvalue weighted by molar-refractivity contribution is 5.24. The molecule has 1 aromatic rings. The molecule has 1 nitrogen and oxygen atoms in total. The maximum Gasteiger partial charge on any atom is 0.0317 e. The van der Waals surface area contributed by atoms with Crippen LogP contribution >= 0.6 is 0 Å². The molecule has 0 amide bonds. The van der Waals surface area contributed by atoms with E-state index in [0.29, 0.717) is 6.04 Å². The monoisotopic (exact) mass is 231 g/mol. The first-order valence-electron chi connectivity index (χ1n) is 7.00. The second-order valence-electron chi connectivity index (χ2n) is 5.59. The summed E-state index contributed by atoms with van der Waals surface area (Å²) in [4.78, 5) is 0. The molecule has 1 heteroatoms. The zero-order chi connectivity index (χ0) is 12.3. The van der Waals surface area contributed by atoms with Gasteiger partial charge in [-0.1, -0.05) is 43.7 Å². The van der Waals surface area contributed by atoms with Crippen LogP contribution in [0.25, 0.3) is 0 Å². The minimum Gasteiger partial charge on any atom is -0.310 e. The van der Waals surface area contributed by atoms with Crippen molar-refractivity contribution in [2.45, 2.75) is 46.1 Å². The van der Waals surface area contributed by atoms with Crippen molar-refractivity contribution in [2.24, 2.45) is 11.8 Å². The van der Waals surface area contributed by atoms with Gasteiger partial charge in [0.25, 0.3) is 0 Å². The highest BCUT2D eigenvalue weighted by Gasteiger charge is 2.27. The first-order valence-corrected chi connectivity index (χ1v) is 7.00. The zero-order valence-electron chi connectivity index (χ0n) is 11.4. The van der Waals surface area contributed by atoms with E-state index in [1.54, 1.807) is 0 Å². The van der Waals surface area contributed by atoms with Crippen LogP contribution in [-0.4, -0.2) is 6.54 Å². The molecule has 94 valence electrons. The number of nitrogens with one attached hydrogen (secondary N) is 1. The van der Waals surface area contributed by atoms with Gasteiger partial charge in [-0.05, 0) is 50.1 Å². The molecule has 0 radical (unpaired) electrons. The maximum atomic E-state index is 3.73. The summed E-state index contributed by atoms with van der Waals surface area (Å²) in [5, 5.41) is 3.73. The Hall–Kier alpha value is -0.820. The van der Waals surface area contributed by atoms with E-state index in [0.717, 1.165) is 18.4 Å². The largest absolute Gasteiger partial charge is 0.310 e. The van der Waals surface area contributed by atoms with E-state index in [9.17, 15) is 0 Å². The van der Waals surface area contributed by atoms with Gasteiger partial charge in [-0.15, -0.1) is 0 Å². The second kappa shape index (κ2) is 5.68. The van der Waals surface area contributed by atoms with E-state index in [1.165, 1.54) is 30.4 Å². The number of aryl methyl sites for hydroxylation is 1. The molecule has 1 aliphatic rings. The molecule has 0 heterocycles. The average Bonchev–Trinajstić information content (AvgIpc) is 3.16. The molecule has 1 saturated carbocycles. The van der Waals surface area contributed by atoms with E-state index < -0.39 is 0 Å². The molecule has 17 heavy (non-hydrogen) atoms. The number of hydrogen-bond acceptors (Lipinski definition) is 1. The van der Waals surface area contributed by atoms with Gasteiger partial charge in [0.2, 0.25) is 0 Å². The Labute approximate surface area is 106 Å². The van der Waals surface area contributed by atoms with Gasteiger partial charge in [0.15, 0.2) is 0 Å². The molecule has 2 rings (SSSR count). The van der Waals surface area contributed by atoms with Crippen molar-refractivity contribution in [3.63, 3.8) is 0 Å². The molecule has 0 bridgehead atoms. The van der Waals surface area contributed by atoms with Gasteiger partial charge in [0, 0.05) is 6.04 Å². The van der Waals surface area contributed by atoms with Crippen LogP contribution in [-0.2, 0) is 0 Å². The molecule has 2 atom stereocenters. The minimum absolute atomic E-state index is 0.525. The third kappa shape index (κ3) is 3.57. The molecule has 1 aromatic carbocycles. The van der Waals surface area contributed by atoms with Gasteiger partial charge in [-0.3, -0.25) is 0 Å². The Morgan fingerprint density at radius 2 is 1.88 bits per heavy atom. The standard InChI is InChI=1S/C16H25N/c1-4-16(15-7-5-12(2)6-8-15)17-11-13(3)14-9-10-14/h5-8,13-14,16-17H,4,9-11H2,1-3H3. The average molecular weight is 231 g/mol. The van der Waals surface area contributed by atoms with Crippen LogP contribution in [0.4, 0.5) is 0 Å². The fourth-order valence-electron chi connectivity index (χ4n) is 2.46. The van der Waals surface area contributed by atoms with Gasteiger partial charge in [-0.25, -0.2) is 0 Å². The summed E-state index contributed by atoms with van der Waals surface area (Å²) < 4.78 is 0. The Bertz CT molecular complexity index is 337. The first kappa shape index (κ1) is 12.6. The first-order chi connectivity index (χ1) is 8.20. The molecule has 1 N–H and O–H groups in total. The van der Waals surface area contributed by atoms with Gasteiger partial charge >= 0.3 is 0 Å². The Morgan fingerprint density at radius 1 is 1.24 bits per heavy atom. The second-order valence-corrected chi connectivity index (χ2v) is 5.59. The lowest BCUT2D eigenvalue weighted by Crippen LogP contribution is -2.26. The van der Waals surface area contributed by atoms with Gasteiger partial charge in [0.05, 0.1) is 0 Å². The Kier molecular flexibility index (Phi) is 4.22. The predicted octanol–water partition coefficient (Wildman–Crippen LogP) is 4.08. The van der Waals surface area contributed by atoms with E-state index in [4.69, 9.17) is 0 Å². The summed E-state index contributed by atoms with van der Waals surface area (Å²) in [7, 11) is 0. The summed E-state index contributed by atoms with van der Waals surface area (Å²) in [5.74, 6) is 1.84. The third-order valence-corrected chi connectivity index (χ3v) is 4.00. The van der Waals surface area contributed by atoms with Crippen molar-refractivity contribution >= 4 is 0 Å². The zero-order valence-corrected chi connectivity index (χ0v) is 11.4. The van der Waals surface area contributed by atoms with Crippen molar-refractivity contribution < 1.29 is 0 Å². The molecule has 2 unspecified atom stereocenters. The lowest BCUT2D eigenvalue weighted by molar-refractivity contribution is 0.414. The molecular weight excluding hydrogens is 206 g/mol. The Balaban J connectivity index is 1.88. The summed E-state index contributed by atoms with van der Waals surface area (Å²) >= 11 is 0. The fraction of sp³-hybridized carbons (Fsp3) is 0.625. The molecule has 0 aliphatic heterocycles. The van der Waals surface area contributed by atoms with Crippen molar-refractivity contribution in [2.75, 3.05) is 6.54 Å².